The number of amides is 3. The average molecular weight is 351 g/mol. The third-order valence-corrected chi connectivity index (χ3v) is 6.90. The van der Waals surface area contributed by atoms with Crippen molar-refractivity contribution in [2.75, 3.05) is 13.6 Å². The lowest BCUT2D eigenvalue weighted by atomic mass is 9.93. The lowest BCUT2D eigenvalue weighted by molar-refractivity contribution is -0.128. The number of nitrogens with one attached hydrogen (secondary N) is 1. The van der Waals surface area contributed by atoms with Crippen molar-refractivity contribution in [2.24, 2.45) is 11.8 Å². The molecule has 0 saturated heterocycles. The molecule has 5 heteroatoms. The van der Waals surface area contributed by atoms with E-state index in [1.54, 1.807) is 11.9 Å². The molecule has 0 radical (unpaired) electrons. The Hall–Kier alpha value is -2.30. The van der Waals surface area contributed by atoms with Gasteiger partial charge < -0.3 is 10.2 Å². The van der Waals surface area contributed by atoms with Crippen LogP contribution >= 0.6 is 0 Å². The summed E-state index contributed by atoms with van der Waals surface area (Å²) in [5, 5.41) is 3.03. The lowest BCUT2D eigenvalue weighted by Crippen LogP contribution is -2.45. The summed E-state index contributed by atoms with van der Waals surface area (Å²) in [5.41, 5.74) is 3.79. The number of likely N-dealkylation sites (N-methyl/N-ethyl adjacent to an activating group) is 1. The van der Waals surface area contributed by atoms with Crippen LogP contribution in [0.5, 0.6) is 0 Å². The fourth-order valence-corrected chi connectivity index (χ4v) is 5.46. The molecule has 2 bridgehead atoms. The van der Waals surface area contributed by atoms with Crippen LogP contribution in [0.2, 0.25) is 0 Å². The molecule has 5 rings (SSSR count). The van der Waals surface area contributed by atoms with Gasteiger partial charge in [0.2, 0.25) is 0 Å². The van der Waals surface area contributed by atoms with E-state index >= 15 is 0 Å². The summed E-state index contributed by atoms with van der Waals surface area (Å²) in [7, 11) is 1.77. The Morgan fingerprint density at radius 3 is 2.50 bits per heavy atom. The van der Waals surface area contributed by atoms with Crippen LogP contribution in [-0.2, 0) is 4.79 Å². The molecular weight excluding hydrogens is 326 g/mol. The van der Waals surface area contributed by atoms with Gasteiger partial charge in [-0.2, -0.15) is 0 Å². The Balaban J connectivity index is 1.50. The molecule has 2 saturated carbocycles. The first kappa shape index (κ1) is 15.9. The zero-order valence-corrected chi connectivity index (χ0v) is 15.4. The van der Waals surface area contributed by atoms with Gasteiger partial charge in [0.05, 0.1) is 23.9 Å². The SMILES string of the molecule is Cc1ccc(C2NC(=O)N(C)C3=C2C(=O)N(C2CC4CCC2C4)C3)cc1. The van der Waals surface area contributed by atoms with Crippen LogP contribution in [0, 0.1) is 18.8 Å². The standard InChI is InChI=1S/C21H25N3O2/c1-12-3-6-14(7-4-12)19-18-17(23(2)21(26)22-19)11-24(20(18)25)16-10-13-5-8-15(16)9-13/h3-4,6-7,13,15-16,19H,5,8-11H2,1-2H3,(H,22,26). The summed E-state index contributed by atoms with van der Waals surface area (Å²) in [6.45, 7) is 2.62. The van der Waals surface area contributed by atoms with E-state index in [0.29, 0.717) is 18.5 Å². The second-order valence-corrected chi connectivity index (χ2v) is 8.39. The molecule has 4 unspecified atom stereocenters. The zero-order chi connectivity index (χ0) is 18.0. The number of carbonyl (C=O) groups is 2. The van der Waals surface area contributed by atoms with E-state index in [9.17, 15) is 9.59 Å². The number of benzene rings is 1. The fraction of sp³-hybridized carbons (Fsp3) is 0.524. The normalized spacial score (nSPS) is 33.2. The number of rotatable bonds is 2. The Kier molecular flexibility index (Phi) is 3.43. The molecule has 4 aliphatic rings. The Bertz CT molecular complexity index is 813. The Morgan fingerprint density at radius 1 is 1.08 bits per heavy atom. The van der Waals surface area contributed by atoms with Gasteiger partial charge in [0.25, 0.3) is 5.91 Å². The molecule has 3 amide bonds. The number of hydrogen-bond donors (Lipinski definition) is 1. The van der Waals surface area contributed by atoms with Gasteiger partial charge >= 0.3 is 6.03 Å². The zero-order valence-electron chi connectivity index (χ0n) is 15.4. The van der Waals surface area contributed by atoms with Crippen molar-refractivity contribution in [3.63, 3.8) is 0 Å². The summed E-state index contributed by atoms with van der Waals surface area (Å²) in [4.78, 5) is 29.6. The predicted octanol–water partition coefficient (Wildman–Crippen LogP) is 2.98. The largest absolute Gasteiger partial charge is 0.330 e. The quantitative estimate of drug-likeness (QED) is 0.891. The molecule has 26 heavy (non-hydrogen) atoms. The lowest BCUT2D eigenvalue weighted by Gasteiger charge is -2.32. The van der Waals surface area contributed by atoms with Crippen molar-refractivity contribution >= 4 is 11.9 Å². The van der Waals surface area contributed by atoms with Gasteiger partial charge in [0.15, 0.2) is 0 Å². The van der Waals surface area contributed by atoms with Crippen LogP contribution in [0.4, 0.5) is 4.79 Å². The van der Waals surface area contributed by atoms with Gasteiger partial charge in [0.1, 0.15) is 0 Å². The molecule has 2 heterocycles. The molecule has 0 aromatic heterocycles. The summed E-state index contributed by atoms with van der Waals surface area (Å²) >= 11 is 0. The second kappa shape index (κ2) is 5.60. The maximum absolute atomic E-state index is 13.4. The van der Waals surface area contributed by atoms with Crippen LogP contribution < -0.4 is 5.32 Å². The van der Waals surface area contributed by atoms with Gasteiger partial charge in [-0.3, -0.25) is 9.69 Å². The summed E-state index contributed by atoms with van der Waals surface area (Å²) in [6.07, 6.45) is 4.98. The fourth-order valence-electron chi connectivity index (χ4n) is 5.46. The minimum absolute atomic E-state index is 0.120. The van der Waals surface area contributed by atoms with Crippen LogP contribution in [0.25, 0.3) is 0 Å². The van der Waals surface area contributed by atoms with Crippen molar-refractivity contribution in [2.45, 2.75) is 44.7 Å². The minimum atomic E-state index is -0.342. The van der Waals surface area contributed by atoms with E-state index < -0.39 is 0 Å². The van der Waals surface area contributed by atoms with E-state index in [-0.39, 0.29) is 18.0 Å². The Morgan fingerprint density at radius 2 is 1.85 bits per heavy atom. The van der Waals surface area contributed by atoms with Crippen LogP contribution in [0.3, 0.4) is 0 Å². The van der Waals surface area contributed by atoms with Crippen molar-refractivity contribution in [1.82, 2.24) is 15.1 Å². The molecule has 136 valence electrons. The van der Waals surface area contributed by atoms with Gasteiger partial charge in [-0.15, -0.1) is 0 Å². The van der Waals surface area contributed by atoms with Crippen molar-refractivity contribution in [1.29, 1.82) is 0 Å². The van der Waals surface area contributed by atoms with E-state index in [2.05, 4.69) is 10.2 Å². The van der Waals surface area contributed by atoms with Crippen LogP contribution in [0.15, 0.2) is 35.5 Å². The summed E-state index contributed by atoms with van der Waals surface area (Å²) in [5.74, 6) is 1.56. The molecular formula is C21H25N3O2. The topological polar surface area (TPSA) is 52.7 Å². The number of hydrogen-bond acceptors (Lipinski definition) is 2. The second-order valence-electron chi connectivity index (χ2n) is 8.39. The summed E-state index contributed by atoms with van der Waals surface area (Å²) < 4.78 is 0. The first-order chi connectivity index (χ1) is 12.5. The third-order valence-electron chi connectivity index (χ3n) is 6.90. The third kappa shape index (κ3) is 2.22. The predicted molar refractivity (Wildman–Crippen MR) is 98.2 cm³/mol. The number of fused-ring (bicyclic) bond motifs is 2. The molecule has 2 aliphatic carbocycles. The number of nitrogens with zero attached hydrogens (tertiary/aromatic N) is 2. The molecule has 1 aromatic carbocycles. The molecule has 1 N–H and O–H groups in total. The molecule has 1 aromatic rings. The maximum Gasteiger partial charge on any atom is 0.322 e. The first-order valence-corrected chi connectivity index (χ1v) is 9.67. The number of urea groups is 1. The molecule has 0 spiro atoms. The molecule has 5 nitrogen and oxygen atoms in total. The average Bonchev–Trinajstić information content (AvgIpc) is 3.33. The van der Waals surface area contributed by atoms with E-state index in [0.717, 1.165) is 29.2 Å². The van der Waals surface area contributed by atoms with Crippen LogP contribution in [-0.4, -0.2) is 41.4 Å². The highest BCUT2D eigenvalue weighted by molar-refractivity contribution is 6.01. The summed E-state index contributed by atoms with van der Waals surface area (Å²) in [6, 6.07) is 7.99. The monoisotopic (exact) mass is 351 g/mol. The molecule has 2 fully saturated rings. The van der Waals surface area contributed by atoms with Crippen molar-refractivity contribution in [3.05, 3.63) is 46.7 Å². The minimum Gasteiger partial charge on any atom is -0.330 e. The Labute approximate surface area is 154 Å². The van der Waals surface area contributed by atoms with Gasteiger partial charge in [0, 0.05) is 13.1 Å². The number of carbonyl (C=O) groups excluding carboxylic acids is 2. The maximum atomic E-state index is 13.4. The van der Waals surface area contributed by atoms with E-state index in [4.69, 9.17) is 0 Å². The van der Waals surface area contributed by atoms with E-state index in [1.165, 1.54) is 24.8 Å². The highest BCUT2D eigenvalue weighted by Gasteiger charge is 2.50. The van der Waals surface area contributed by atoms with Crippen molar-refractivity contribution in [3.8, 4) is 0 Å². The molecule has 4 atom stereocenters. The number of aryl methyl sites for hydroxylation is 1. The molecule has 2 aliphatic heterocycles. The highest BCUT2D eigenvalue weighted by Crippen LogP contribution is 2.49. The smallest absolute Gasteiger partial charge is 0.322 e. The first-order valence-electron chi connectivity index (χ1n) is 9.67. The van der Waals surface area contributed by atoms with Gasteiger partial charge in [-0.1, -0.05) is 36.2 Å². The highest BCUT2D eigenvalue weighted by atomic mass is 16.2. The van der Waals surface area contributed by atoms with Crippen molar-refractivity contribution < 1.29 is 9.59 Å². The van der Waals surface area contributed by atoms with E-state index in [1.807, 2.05) is 31.2 Å². The van der Waals surface area contributed by atoms with Crippen LogP contribution in [0.1, 0.15) is 42.9 Å². The van der Waals surface area contributed by atoms with Gasteiger partial charge in [-0.05, 0) is 43.6 Å². The van der Waals surface area contributed by atoms with Gasteiger partial charge in [-0.25, -0.2) is 4.79 Å².